The minimum absolute atomic E-state index is 0.218. The molecule has 0 spiro atoms. The molecule has 2 N–H and O–H groups in total. The monoisotopic (exact) mass is 323 g/mol. The molecule has 0 fully saturated rings. The molecule has 2 rings (SSSR count). The van der Waals surface area contributed by atoms with Gasteiger partial charge in [0, 0.05) is 23.7 Å². The van der Waals surface area contributed by atoms with E-state index in [1.807, 2.05) is 0 Å². The van der Waals surface area contributed by atoms with Gasteiger partial charge >= 0.3 is 0 Å². The maximum absolute atomic E-state index is 12.2. The van der Waals surface area contributed by atoms with Gasteiger partial charge in [-0.05, 0) is 30.3 Å². The van der Waals surface area contributed by atoms with Crippen molar-refractivity contribution in [3.63, 3.8) is 0 Å². The molecule has 1 aromatic carbocycles. The topological polar surface area (TPSA) is 71.1 Å². The van der Waals surface area contributed by atoms with Crippen molar-refractivity contribution in [2.45, 2.75) is 6.92 Å². The Morgan fingerprint density at radius 2 is 1.81 bits per heavy atom. The molecule has 0 unspecified atom stereocenters. The number of hydrogen-bond donors (Lipinski definition) is 2. The van der Waals surface area contributed by atoms with Crippen LogP contribution in [0.4, 0.5) is 11.4 Å². The largest absolute Gasteiger partial charge is 0.325 e. The van der Waals surface area contributed by atoms with Crippen LogP contribution < -0.4 is 10.6 Å². The van der Waals surface area contributed by atoms with E-state index in [-0.39, 0.29) is 17.0 Å². The Balaban J connectivity index is 2.27. The highest BCUT2D eigenvalue weighted by molar-refractivity contribution is 6.31. The van der Waals surface area contributed by atoms with E-state index >= 15 is 0 Å². The lowest BCUT2D eigenvalue weighted by atomic mass is 10.2. The molecule has 1 heterocycles. The number of carbonyl (C=O) groups is 2. The Morgan fingerprint density at radius 3 is 2.48 bits per heavy atom. The van der Waals surface area contributed by atoms with Gasteiger partial charge in [-0.2, -0.15) is 0 Å². The van der Waals surface area contributed by atoms with Crippen molar-refractivity contribution >= 4 is 46.4 Å². The number of nitrogens with one attached hydrogen (secondary N) is 2. The van der Waals surface area contributed by atoms with Crippen molar-refractivity contribution in [3.05, 3.63) is 52.3 Å². The van der Waals surface area contributed by atoms with Crippen LogP contribution in [0, 0.1) is 0 Å². The van der Waals surface area contributed by atoms with Gasteiger partial charge in [0.15, 0.2) is 0 Å². The molecular formula is C14H11Cl2N3O2. The number of rotatable bonds is 3. The number of carbonyl (C=O) groups excluding carboxylic acids is 2. The number of benzene rings is 1. The number of nitrogens with zero attached hydrogens (tertiary/aromatic N) is 1. The lowest BCUT2D eigenvalue weighted by molar-refractivity contribution is -0.114. The highest BCUT2D eigenvalue weighted by Crippen LogP contribution is 2.26. The Morgan fingerprint density at radius 1 is 1.05 bits per heavy atom. The molecule has 108 valence electrons. The first-order valence-electron chi connectivity index (χ1n) is 5.96. The first-order valence-corrected chi connectivity index (χ1v) is 6.71. The Labute approximate surface area is 131 Å². The van der Waals surface area contributed by atoms with E-state index in [1.165, 1.54) is 25.3 Å². The van der Waals surface area contributed by atoms with E-state index in [2.05, 4.69) is 15.6 Å². The molecule has 21 heavy (non-hydrogen) atoms. The number of hydrogen-bond acceptors (Lipinski definition) is 3. The molecule has 2 amide bonds. The summed E-state index contributed by atoms with van der Waals surface area (Å²) >= 11 is 11.7. The fourth-order valence-electron chi connectivity index (χ4n) is 1.66. The van der Waals surface area contributed by atoms with Crippen LogP contribution >= 0.6 is 23.2 Å². The van der Waals surface area contributed by atoms with Gasteiger partial charge in [-0.15, -0.1) is 0 Å². The zero-order chi connectivity index (χ0) is 15.4. The minimum Gasteiger partial charge on any atom is -0.325 e. The van der Waals surface area contributed by atoms with Crippen LogP contribution in [0.3, 0.4) is 0 Å². The molecular weight excluding hydrogens is 313 g/mol. The average molecular weight is 324 g/mol. The molecule has 5 nitrogen and oxygen atoms in total. The molecule has 0 radical (unpaired) electrons. The van der Waals surface area contributed by atoms with Crippen LogP contribution in [-0.2, 0) is 4.79 Å². The van der Waals surface area contributed by atoms with Crippen LogP contribution in [0.5, 0.6) is 0 Å². The fourth-order valence-corrected chi connectivity index (χ4v) is 2.00. The van der Waals surface area contributed by atoms with Gasteiger partial charge in [0.2, 0.25) is 5.91 Å². The first-order chi connectivity index (χ1) is 9.95. The third-order valence-corrected chi connectivity index (χ3v) is 2.97. The van der Waals surface area contributed by atoms with Crippen molar-refractivity contribution < 1.29 is 9.59 Å². The summed E-state index contributed by atoms with van der Waals surface area (Å²) in [4.78, 5) is 27.1. The van der Waals surface area contributed by atoms with Gasteiger partial charge in [-0.1, -0.05) is 23.2 Å². The van der Waals surface area contributed by atoms with Crippen LogP contribution in [0.25, 0.3) is 0 Å². The molecule has 0 atom stereocenters. The predicted octanol–water partition coefficient (Wildman–Crippen LogP) is 3.60. The van der Waals surface area contributed by atoms with E-state index in [4.69, 9.17) is 23.2 Å². The smallest absolute Gasteiger partial charge is 0.255 e. The van der Waals surface area contributed by atoms with Crippen LogP contribution in [0.15, 0.2) is 36.5 Å². The van der Waals surface area contributed by atoms with Gasteiger partial charge in [0.05, 0.1) is 11.4 Å². The Kier molecular flexibility index (Phi) is 4.77. The third kappa shape index (κ3) is 4.18. The maximum Gasteiger partial charge on any atom is 0.255 e. The number of aromatic nitrogens is 1. The number of pyridine rings is 1. The summed E-state index contributed by atoms with van der Waals surface area (Å²) in [6, 6.07) is 7.75. The van der Waals surface area contributed by atoms with Crippen molar-refractivity contribution in [2.24, 2.45) is 0 Å². The summed E-state index contributed by atoms with van der Waals surface area (Å²) in [5.74, 6) is -0.632. The summed E-state index contributed by atoms with van der Waals surface area (Å²) in [7, 11) is 0. The van der Waals surface area contributed by atoms with Gasteiger partial charge in [-0.25, -0.2) is 4.98 Å². The van der Waals surface area contributed by atoms with E-state index in [1.54, 1.807) is 18.2 Å². The van der Waals surface area contributed by atoms with Gasteiger partial charge < -0.3 is 10.6 Å². The van der Waals surface area contributed by atoms with Crippen LogP contribution in [0.1, 0.15) is 17.3 Å². The molecule has 0 aliphatic rings. The molecule has 7 heteroatoms. The van der Waals surface area contributed by atoms with Crippen molar-refractivity contribution in [1.29, 1.82) is 0 Å². The van der Waals surface area contributed by atoms with E-state index in [0.717, 1.165) is 0 Å². The number of amides is 2. The highest BCUT2D eigenvalue weighted by Gasteiger charge is 2.11. The average Bonchev–Trinajstić information content (AvgIpc) is 2.41. The SMILES string of the molecule is CC(=O)Nc1ccc(Cl)cc1NC(=O)c1ccnc(Cl)c1. The van der Waals surface area contributed by atoms with Crippen LogP contribution in [0.2, 0.25) is 10.2 Å². The fraction of sp³-hybridized carbons (Fsp3) is 0.0714. The number of anilines is 2. The summed E-state index contributed by atoms with van der Waals surface area (Å²) in [6.45, 7) is 1.38. The second-order valence-corrected chi connectivity index (χ2v) is 5.02. The minimum atomic E-state index is -0.381. The van der Waals surface area contributed by atoms with Crippen molar-refractivity contribution in [1.82, 2.24) is 4.98 Å². The Bertz CT molecular complexity index is 704. The molecule has 2 aromatic rings. The van der Waals surface area contributed by atoms with Gasteiger partial charge in [0.25, 0.3) is 5.91 Å². The second-order valence-electron chi connectivity index (χ2n) is 4.19. The summed E-state index contributed by atoms with van der Waals surface area (Å²) < 4.78 is 0. The lowest BCUT2D eigenvalue weighted by Crippen LogP contribution is -2.15. The van der Waals surface area contributed by atoms with Gasteiger partial charge in [-0.3, -0.25) is 9.59 Å². The maximum atomic E-state index is 12.2. The molecule has 1 aromatic heterocycles. The summed E-state index contributed by atoms with van der Waals surface area (Å²) in [6.07, 6.45) is 1.43. The highest BCUT2D eigenvalue weighted by atomic mass is 35.5. The number of halogens is 2. The zero-order valence-corrected chi connectivity index (χ0v) is 12.5. The first kappa shape index (κ1) is 15.3. The lowest BCUT2D eigenvalue weighted by Gasteiger charge is -2.12. The van der Waals surface area contributed by atoms with Gasteiger partial charge in [0.1, 0.15) is 5.15 Å². The standard InChI is InChI=1S/C14H11Cl2N3O2/c1-8(20)18-11-3-2-10(15)7-12(11)19-14(21)9-4-5-17-13(16)6-9/h2-7H,1H3,(H,18,20)(H,19,21). The molecule has 0 saturated carbocycles. The van der Waals surface area contributed by atoms with E-state index < -0.39 is 0 Å². The summed E-state index contributed by atoms with van der Waals surface area (Å²) in [5, 5.41) is 5.95. The predicted molar refractivity (Wildman–Crippen MR) is 83.0 cm³/mol. The summed E-state index contributed by atoms with van der Waals surface area (Å²) in [5.41, 5.74) is 1.21. The van der Waals surface area contributed by atoms with Crippen LogP contribution in [-0.4, -0.2) is 16.8 Å². The zero-order valence-electron chi connectivity index (χ0n) is 11.0. The van der Waals surface area contributed by atoms with Crippen molar-refractivity contribution in [2.75, 3.05) is 10.6 Å². The van der Waals surface area contributed by atoms with E-state index in [9.17, 15) is 9.59 Å². The molecule has 0 aliphatic carbocycles. The van der Waals surface area contributed by atoms with E-state index in [0.29, 0.717) is 22.0 Å². The normalized spacial score (nSPS) is 10.0. The Hall–Kier alpha value is -2.11. The molecule has 0 aliphatic heterocycles. The molecule has 0 saturated heterocycles. The quantitative estimate of drug-likeness (QED) is 0.848. The van der Waals surface area contributed by atoms with Crippen molar-refractivity contribution in [3.8, 4) is 0 Å². The molecule has 0 bridgehead atoms. The second kappa shape index (κ2) is 6.56. The third-order valence-electron chi connectivity index (χ3n) is 2.53.